The summed E-state index contributed by atoms with van der Waals surface area (Å²) < 4.78 is 37.4. The Labute approximate surface area is 95.4 Å². The van der Waals surface area contributed by atoms with Gasteiger partial charge in [0, 0.05) is 0 Å². The lowest BCUT2D eigenvalue weighted by molar-refractivity contribution is -0.194. The SMILES string of the molecule is C#CCN(CC(=O)O)C(=O)C(C)(N)C(F)(F)F. The topological polar surface area (TPSA) is 83.6 Å². The maximum atomic E-state index is 12.5. The summed E-state index contributed by atoms with van der Waals surface area (Å²) >= 11 is 0. The highest BCUT2D eigenvalue weighted by molar-refractivity contribution is 5.89. The fourth-order valence-corrected chi connectivity index (χ4v) is 0.923. The van der Waals surface area contributed by atoms with Crippen molar-refractivity contribution in [3.8, 4) is 12.3 Å². The number of carboxylic acid groups (broad SMARTS) is 1. The van der Waals surface area contributed by atoms with Crippen LogP contribution in [0.4, 0.5) is 13.2 Å². The molecule has 17 heavy (non-hydrogen) atoms. The van der Waals surface area contributed by atoms with Gasteiger partial charge in [0.1, 0.15) is 6.54 Å². The van der Waals surface area contributed by atoms with E-state index < -0.39 is 36.7 Å². The molecule has 0 aliphatic heterocycles. The van der Waals surface area contributed by atoms with Crippen LogP contribution in [0.5, 0.6) is 0 Å². The Morgan fingerprint density at radius 2 is 1.94 bits per heavy atom. The minimum Gasteiger partial charge on any atom is -0.480 e. The Kier molecular flexibility index (Phi) is 4.53. The van der Waals surface area contributed by atoms with Crippen LogP contribution in [-0.2, 0) is 9.59 Å². The Morgan fingerprint density at radius 3 is 2.24 bits per heavy atom. The highest BCUT2D eigenvalue weighted by Gasteiger charge is 2.55. The van der Waals surface area contributed by atoms with E-state index >= 15 is 0 Å². The molecule has 0 spiro atoms. The predicted octanol–water partition coefficient (Wildman–Crippen LogP) is -0.188. The highest BCUT2D eigenvalue weighted by Crippen LogP contribution is 2.29. The number of halogens is 3. The average molecular weight is 252 g/mol. The van der Waals surface area contributed by atoms with E-state index in [1.165, 1.54) is 0 Å². The maximum Gasteiger partial charge on any atom is 0.415 e. The van der Waals surface area contributed by atoms with Gasteiger partial charge in [0.2, 0.25) is 0 Å². The Hall–Kier alpha value is -1.75. The number of hydrogen-bond donors (Lipinski definition) is 2. The van der Waals surface area contributed by atoms with Crippen LogP contribution < -0.4 is 5.73 Å². The van der Waals surface area contributed by atoms with E-state index in [0.29, 0.717) is 11.8 Å². The van der Waals surface area contributed by atoms with Crippen LogP contribution in [0.25, 0.3) is 0 Å². The van der Waals surface area contributed by atoms with Crippen molar-refractivity contribution in [3.05, 3.63) is 0 Å². The van der Waals surface area contributed by atoms with Gasteiger partial charge in [-0.25, -0.2) is 0 Å². The first kappa shape index (κ1) is 15.2. The van der Waals surface area contributed by atoms with Gasteiger partial charge in [-0.2, -0.15) is 13.2 Å². The molecule has 0 saturated carbocycles. The Morgan fingerprint density at radius 1 is 1.47 bits per heavy atom. The fourth-order valence-electron chi connectivity index (χ4n) is 0.923. The van der Waals surface area contributed by atoms with Gasteiger partial charge >= 0.3 is 12.1 Å². The molecular weight excluding hydrogens is 241 g/mol. The average Bonchev–Trinajstić information content (AvgIpc) is 2.13. The number of alkyl halides is 3. The standard InChI is InChI=1S/C9H11F3N2O3/c1-3-4-14(5-6(15)16)7(17)8(2,13)9(10,11)12/h1H,4-5,13H2,2H3,(H,15,16). The summed E-state index contributed by atoms with van der Waals surface area (Å²) in [6.07, 6.45) is -0.154. The zero-order chi connectivity index (χ0) is 13.9. The second-order valence-electron chi connectivity index (χ2n) is 3.46. The molecule has 1 atom stereocenters. The third kappa shape index (κ3) is 3.64. The molecule has 0 saturated heterocycles. The van der Waals surface area contributed by atoms with Gasteiger partial charge in [0.05, 0.1) is 6.54 Å². The van der Waals surface area contributed by atoms with Crippen molar-refractivity contribution in [2.75, 3.05) is 13.1 Å². The van der Waals surface area contributed by atoms with Crippen LogP contribution in [0, 0.1) is 12.3 Å². The zero-order valence-electron chi connectivity index (χ0n) is 8.91. The summed E-state index contributed by atoms with van der Waals surface area (Å²) in [6, 6.07) is 0. The third-order valence-corrected chi connectivity index (χ3v) is 1.93. The van der Waals surface area contributed by atoms with Crippen LogP contribution >= 0.6 is 0 Å². The first-order valence-electron chi connectivity index (χ1n) is 4.34. The van der Waals surface area contributed by atoms with Crippen molar-refractivity contribution in [3.63, 3.8) is 0 Å². The van der Waals surface area contributed by atoms with E-state index in [1.807, 2.05) is 5.92 Å². The van der Waals surface area contributed by atoms with Crippen LogP contribution in [0.15, 0.2) is 0 Å². The monoisotopic (exact) mass is 252 g/mol. The van der Waals surface area contributed by atoms with E-state index in [0.717, 1.165) is 0 Å². The normalized spacial score (nSPS) is 14.6. The summed E-state index contributed by atoms with van der Waals surface area (Å²) in [6.45, 7) is -1.04. The number of carbonyl (C=O) groups excluding carboxylic acids is 1. The predicted molar refractivity (Wildman–Crippen MR) is 51.7 cm³/mol. The number of rotatable bonds is 4. The largest absolute Gasteiger partial charge is 0.480 e. The van der Waals surface area contributed by atoms with Crippen LogP contribution in [0.2, 0.25) is 0 Å². The van der Waals surface area contributed by atoms with Gasteiger partial charge in [-0.15, -0.1) is 6.42 Å². The van der Waals surface area contributed by atoms with Crippen LogP contribution in [-0.4, -0.2) is 46.7 Å². The molecule has 0 aliphatic carbocycles. The van der Waals surface area contributed by atoms with Gasteiger partial charge < -0.3 is 15.7 Å². The molecular formula is C9H11F3N2O3. The van der Waals surface area contributed by atoms with Crippen LogP contribution in [0.1, 0.15) is 6.92 Å². The highest BCUT2D eigenvalue weighted by atomic mass is 19.4. The van der Waals surface area contributed by atoms with E-state index in [2.05, 4.69) is 0 Å². The van der Waals surface area contributed by atoms with E-state index in [9.17, 15) is 22.8 Å². The minimum atomic E-state index is -4.99. The molecule has 5 nitrogen and oxygen atoms in total. The number of nitrogens with two attached hydrogens (primary N) is 1. The molecule has 0 aromatic heterocycles. The molecule has 0 aliphatic rings. The molecule has 0 aromatic carbocycles. The summed E-state index contributed by atoms with van der Waals surface area (Å²) in [7, 11) is 0. The summed E-state index contributed by atoms with van der Waals surface area (Å²) in [4.78, 5) is 22.2. The number of carboxylic acids is 1. The van der Waals surface area contributed by atoms with Gasteiger partial charge in [-0.05, 0) is 6.92 Å². The first-order valence-corrected chi connectivity index (χ1v) is 4.34. The van der Waals surface area contributed by atoms with Crippen molar-refractivity contribution in [2.24, 2.45) is 5.73 Å². The molecule has 0 radical (unpaired) electrons. The number of amides is 1. The molecule has 0 heterocycles. The molecule has 0 fully saturated rings. The van der Waals surface area contributed by atoms with Crippen molar-refractivity contribution in [2.45, 2.75) is 18.6 Å². The lowest BCUT2D eigenvalue weighted by Crippen LogP contribution is -2.62. The van der Waals surface area contributed by atoms with Gasteiger partial charge in [0.25, 0.3) is 5.91 Å². The fraction of sp³-hybridized carbons (Fsp3) is 0.556. The molecule has 1 amide bonds. The molecule has 96 valence electrons. The Balaban J connectivity index is 5.09. The number of nitrogens with zero attached hydrogens (tertiary/aromatic N) is 1. The third-order valence-electron chi connectivity index (χ3n) is 1.93. The quantitative estimate of drug-likeness (QED) is 0.679. The molecule has 0 aromatic rings. The second kappa shape index (κ2) is 5.05. The van der Waals surface area contributed by atoms with Gasteiger partial charge in [-0.1, -0.05) is 5.92 Å². The number of hydrogen-bond acceptors (Lipinski definition) is 3. The lowest BCUT2D eigenvalue weighted by Gasteiger charge is -2.31. The Bertz CT molecular complexity index is 357. The van der Waals surface area contributed by atoms with Gasteiger partial charge in [0.15, 0.2) is 5.54 Å². The molecule has 3 N–H and O–H groups in total. The summed E-state index contributed by atoms with van der Waals surface area (Å²) in [5.74, 6) is -1.16. The minimum absolute atomic E-state index is 0.357. The maximum absolute atomic E-state index is 12.5. The molecule has 0 bridgehead atoms. The van der Waals surface area contributed by atoms with Crippen molar-refractivity contribution >= 4 is 11.9 Å². The first-order chi connectivity index (χ1) is 7.54. The van der Waals surface area contributed by atoms with Crippen molar-refractivity contribution < 1.29 is 27.9 Å². The van der Waals surface area contributed by atoms with E-state index in [-0.39, 0.29) is 0 Å². The number of aliphatic carboxylic acids is 1. The molecule has 0 rings (SSSR count). The molecule has 1 unspecified atom stereocenters. The second-order valence-corrected chi connectivity index (χ2v) is 3.46. The van der Waals surface area contributed by atoms with Crippen LogP contribution in [0.3, 0.4) is 0 Å². The lowest BCUT2D eigenvalue weighted by atomic mass is 10.0. The smallest absolute Gasteiger partial charge is 0.415 e. The van der Waals surface area contributed by atoms with Crippen molar-refractivity contribution in [1.82, 2.24) is 4.90 Å². The van der Waals surface area contributed by atoms with E-state index in [4.69, 9.17) is 17.3 Å². The number of terminal acetylenes is 1. The summed E-state index contributed by atoms with van der Waals surface area (Å²) in [5, 5.41) is 8.44. The zero-order valence-corrected chi connectivity index (χ0v) is 8.91. The van der Waals surface area contributed by atoms with Gasteiger partial charge in [-0.3, -0.25) is 9.59 Å². The van der Waals surface area contributed by atoms with E-state index in [1.54, 1.807) is 0 Å². The molecule has 8 heteroatoms. The number of carbonyl (C=O) groups is 2. The summed E-state index contributed by atoms with van der Waals surface area (Å²) in [5.41, 5.74) is 1.70. The van der Waals surface area contributed by atoms with Crippen molar-refractivity contribution in [1.29, 1.82) is 0 Å².